The van der Waals surface area contributed by atoms with E-state index in [1.807, 2.05) is 35.2 Å². The number of amides is 1. The van der Waals surface area contributed by atoms with Crippen molar-refractivity contribution in [2.24, 2.45) is 13.0 Å². The van der Waals surface area contributed by atoms with Crippen LogP contribution in [0.2, 0.25) is 0 Å². The Morgan fingerprint density at radius 2 is 1.86 bits per heavy atom. The molecule has 1 saturated heterocycles. The van der Waals surface area contributed by atoms with E-state index in [1.54, 1.807) is 19.2 Å². The van der Waals surface area contributed by atoms with Crippen molar-refractivity contribution in [1.29, 1.82) is 5.26 Å². The molecule has 0 radical (unpaired) electrons. The average Bonchev–Trinajstić information content (AvgIpc) is 2.66. The molecule has 0 saturated carbocycles. The molecular weight excluding hydrogens is 356 g/mol. The lowest BCUT2D eigenvalue weighted by Crippen LogP contribution is -2.53. The highest BCUT2D eigenvalue weighted by Gasteiger charge is 2.35. The lowest BCUT2D eigenvalue weighted by molar-refractivity contribution is -0.120. The van der Waals surface area contributed by atoms with E-state index in [9.17, 15) is 20.0 Å². The summed E-state index contributed by atoms with van der Waals surface area (Å²) in [5.41, 5.74) is 1.71. The van der Waals surface area contributed by atoms with E-state index in [-0.39, 0.29) is 28.7 Å². The number of phenols is 1. The Hall–Kier alpha value is -3.79. The maximum Gasteiger partial charge on any atom is 0.270 e. The van der Waals surface area contributed by atoms with Crippen LogP contribution in [0.3, 0.4) is 0 Å². The molecule has 0 atom stereocenters. The Balaban J connectivity index is 1.59. The van der Waals surface area contributed by atoms with Gasteiger partial charge >= 0.3 is 0 Å². The molecule has 1 aliphatic heterocycles. The van der Waals surface area contributed by atoms with E-state index in [4.69, 9.17) is 0 Å². The third-order valence-corrected chi connectivity index (χ3v) is 5.09. The molecule has 2 heterocycles. The number of carbonyl (C=O) groups excluding carboxylic acids is 1. The van der Waals surface area contributed by atoms with Gasteiger partial charge in [0.05, 0.1) is 17.1 Å². The second kappa shape index (κ2) is 6.74. The van der Waals surface area contributed by atoms with Crippen molar-refractivity contribution < 1.29 is 9.90 Å². The van der Waals surface area contributed by atoms with Crippen LogP contribution in [0.1, 0.15) is 5.56 Å². The summed E-state index contributed by atoms with van der Waals surface area (Å²) < 4.78 is 1.48. The third kappa shape index (κ3) is 2.85. The first-order chi connectivity index (χ1) is 13.5. The first kappa shape index (κ1) is 17.6. The van der Waals surface area contributed by atoms with Gasteiger partial charge in [-0.3, -0.25) is 9.59 Å². The maximum atomic E-state index is 12.6. The van der Waals surface area contributed by atoms with Crippen LogP contribution in [0.5, 0.6) is 5.75 Å². The average molecular weight is 374 g/mol. The van der Waals surface area contributed by atoms with Crippen LogP contribution in [0.4, 0.5) is 11.4 Å². The summed E-state index contributed by atoms with van der Waals surface area (Å²) in [7, 11) is 1.65. The number of benzene rings is 2. The monoisotopic (exact) mass is 374 g/mol. The molecule has 2 N–H and O–H groups in total. The molecule has 1 aliphatic rings. The molecule has 7 nitrogen and oxygen atoms in total. The number of fused-ring (bicyclic) bond motifs is 1. The fraction of sp³-hybridized carbons (Fsp3) is 0.190. The molecule has 0 aliphatic carbocycles. The Bertz CT molecular complexity index is 1170. The largest absolute Gasteiger partial charge is 0.508 e. The number of rotatable bonds is 3. The van der Waals surface area contributed by atoms with Crippen molar-refractivity contribution in [3.05, 3.63) is 64.4 Å². The molecular formula is C21H18N4O3. The zero-order valence-corrected chi connectivity index (χ0v) is 15.2. The molecule has 3 aromatic rings. The lowest BCUT2D eigenvalue weighted by Gasteiger charge is -2.41. The van der Waals surface area contributed by atoms with Crippen molar-refractivity contribution in [2.45, 2.75) is 0 Å². The molecule has 1 fully saturated rings. The number of anilines is 2. The number of nitrogens with zero attached hydrogens (tertiary/aromatic N) is 3. The minimum absolute atomic E-state index is 0.0959. The number of aryl methyl sites for hydroxylation is 1. The quantitative estimate of drug-likeness (QED) is 0.685. The molecule has 0 spiro atoms. The van der Waals surface area contributed by atoms with Gasteiger partial charge in [0, 0.05) is 31.2 Å². The lowest BCUT2D eigenvalue weighted by atomic mass is 9.95. The number of phenolic OH excluding ortho intramolecular Hbond substituents is 1. The Morgan fingerprint density at radius 3 is 2.54 bits per heavy atom. The molecule has 1 aromatic heterocycles. The highest BCUT2D eigenvalue weighted by molar-refractivity contribution is 5.98. The van der Waals surface area contributed by atoms with Crippen LogP contribution >= 0.6 is 0 Å². The molecule has 0 unspecified atom stereocenters. The van der Waals surface area contributed by atoms with Gasteiger partial charge in [-0.25, -0.2) is 0 Å². The van der Waals surface area contributed by atoms with Crippen LogP contribution in [0.25, 0.3) is 10.9 Å². The van der Waals surface area contributed by atoms with Crippen LogP contribution in [0.15, 0.2) is 53.3 Å². The minimum Gasteiger partial charge on any atom is -0.508 e. The summed E-state index contributed by atoms with van der Waals surface area (Å²) in [4.78, 5) is 26.9. The summed E-state index contributed by atoms with van der Waals surface area (Å²) in [5, 5.41) is 22.5. The number of aromatic hydroxyl groups is 1. The van der Waals surface area contributed by atoms with Crippen LogP contribution in [-0.4, -0.2) is 28.7 Å². The fourth-order valence-corrected chi connectivity index (χ4v) is 3.52. The highest BCUT2D eigenvalue weighted by atomic mass is 16.3. The smallest absolute Gasteiger partial charge is 0.270 e. The highest BCUT2D eigenvalue weighted by Crippen LogP contribution is 2.33. The van der Waals surface area contributed by atoms with Gasteiger partial charge in [0.2, 0.25) is 5.91 Å². The summed E-state index contributed by atoms with van der Waals surface area (Å²) >= 11 is 0. The molecule has 7 heteroatoms. The van der Waals surface area contributed by atoms with Crippen molar-refractivity contribution in [1.82, 2.24) is 4.57 Å². The van der Waals surface area contributed by atoms with E-state index >= 15 is 0 Å². The van der Waals surface area contributed by atoms with Crippen LogP contribution < -0.4 is 15.8 Å². The normalized spacial score (nSPS) is 13.8. The van der Waals surface area contributed by atoms with Gasteiger partial charge in [0.15, 0.2) is 0 Å². The number of nitrogens with one attached hydrogen (secondary N) is 1. The Kier molecular flexibility index (Phi) is 4.24. The number of nitriles is 1. The predicted octanol–water partition coefficient (Wildman–Crippen LogP) is 2.19. The summed E-state index contributed by atoms with van der Waals surface area (Å²) in [6, 6.07) is 15.8. The first-order valence-electron chi connectivity index (χ1n) is 8.86. The predicted molar refractivity (Wildman–Crippen MR) is 106 cm³/mol. The molecule has 0 bridgehead atoms. The maximum absolute atomic E-state index is 12.6. The van der Waals surface area contributed by atoms with E-state index < -0.39 is 0 Å². The van der Waals surface area contributed by atoms with Crippen molar-refractivity contribution in [3.8, 4) is 11.8 Å². The van der Waals surface area contributed by atoms with Gasteiger partial charge in [0.25, 0.3) is 5.56 Å². The summed E-state index contributed by atoms with van der Waals surface area (Å²) in [5.74, 6) is -0.244. The van der Waals surface area contributed by atoms with Gasteiger partial charge < -0.3 is 19.9 Å². The van der Waals surface area contributed by atoms with Crippen LogP contribution in [0, 0.1) is 17.2 Å². The SMILES string of the molecule is Cn1c(=O)c(C#N)c(N2CC(C(=O)Nc3ccc(O)cc3)C2)c2ccccc21. The van der Waals surface area contributed by atoms with Crippen molar-refractivity contribution >= 4 is 28.2 Å². The number of hydrogen-bond donors (Lipinski definition) is 2. The van der Waals surface area contributed by atoms with E-state index in [2.05, 4.69) is 5.32 Å². The summed E-state index contributed by atoms with van der Waals surface area (Å²) in [6.45, 7) is 0.853. The topological polar surface area (TPSA) is 98.4 Å². The number of aromatic nitrogens is 1. The first-order valence-corrected chi connectivity index (χ1v) is 8.86. The minimum atomic E-state index is -0.340. The standard InChI is InChI=1S/C21H18N4O3/c1-24-18-5-3-2-4-16(18)19(17(10-22)21(24)28)25-11-13(12-25)20(27)23-14-6-8-15(26)9-7-14/h2-9,13,26H,11-12H2,1H3,(H,23,27). The number of pyridine rings is 1. The van der Waals surface area contributed by atoms with E-state index in [0.717, 1.165) is 10.9 Å². The molecule has 4 rings (SSSR count). The number of hydrogen-bond acceptors (Lipinski definition) is 5. The Labute approximate surface area is 161 Å². The number of para-hydroxylation sites is 1. The van der Waals surface area contributed by atoms with E-state index in [1.165, 1.54) is 16.7 Å². The molecule has 2 aromatic carbocycles. The zero-order chi connectivity index (χ0) is 19.8. The second-order valence-electron chi connectivity index (χ2n) is 6.85. The van der Waals surface area contributed by atoms with Crippen molar-refractivity contribution in [3.63, 3.8) is 0 Å². The van der Waals surface area contributed by atoms with Gasteiger partial charge in [-0.2, -0.15) is 5.26 Å². The van der Waals surface area contributed by atoms with E-state index in [0.29, 0.717) is 24.5 Å². The third-order valence-electron chi connectivity index (χ3n) is 5.09. The zero-order valence-electron chi connectivity index (χ0n) is 15.2. The molecule has 140 valence electrons. The van der Waals surface area contributed by atoms with Gasteiger partial charge in [-0.15, -0.1) is 0 Å². The fourth-order valence-electron chi connectivity index (χ4n) is 3.52. The van der Waals surface area contributed by atoms with Gasteiger partial charge in [-0.05, 0) is 30.3 Å². The van der Waals surface area contributed by atoms with Gasteiger partial charge in [0.1, 0.15) is 17.4 Å². The molecule has 28 heavy (non-hydrogen) atoms. The Morgan fingerprint density at radius 1 is 1.18 bits per heavy atom. The van der Waals surface area contributed by atoms with Gasteiger partial charge in [-0.1, -0.05) is 18.2 Å². The molecule has 1 amide bonds. The number of carbonyl (C=O) groups is 1. The second-order valence-corrected chi connectivity index (χ2v) is 6.85. The van der Waals surface area contributed by atoms with Crippen molar-refractivity contribution in [2.75, 3.05) is 23.3 Å². The van der Waals surface area contributed by atoms with Crippen LogP contribution in [-0.2, 0) is 11.8 Å². The summed E-state index contributed by atoms with van der Waals surface area (Å²) in [6.07, 6.45) is 0.